The van der Waals surface area contributed by atoms with Gasteiger partial charge in [-0.15, -0.1) is 0 Å². The molecule has 0 saturated heterocycles. The van der Waals surface area contributed by atoms with Crippen LogP contribution in [0.3, 0.4) is 0 Å². The number of carbonyl (C=O) groups is 1. The number of nitrogens with zero attached hydrogens (tertiary/aromatic N) is 4. The molecule has 1 aromatic carbocycles. The van der Waals surface area contributed by atoms with Crippen LogP contribution in [0.1, 0.15) is 43.9 Å². The topological polar surface area (TPSA) is 109 Å². The molecule has 0 spiro atoms. The third kappa shape index (κ3) is 4.26. The smallest absolute Gasteiger partial charge is 0.353 e. The summed E-state index contributed by atoms with van der Waals surface area (Å²) in [6, 6.07) is 6.23. The van der Waals surface area contributed by atoms with E-state index < -0.39 is 57.4 Å². The van der Waals surface area contributed by atoms with Crippen LogP contribution >= 0.6 is 11.6 Å². The lowest BCUT2D eigenvalue weighted by Gasteiger charge is -2.36. The van der Waals surface area contributed by atoms with Gasteiger partial charge in [0.15, 0.2) is 10.8 Å². The van der Waals surface area contributed by atoms with Crippen molar-refractivity contribution in [3.8, 4) is 0 Å². The van der Waals surface area contributed by atoms with Crippen LogP contribution in [0.2, 0.25) is 5.15 Å². The summed E-state index contributed by atoms with van der Waals surface area (Å²) in [5.74, 6) is -5.65. The van der Waals surface area contributed by atoms with Gasteiger partial charge in [0.1, 0.15) is 10.8 Å². The Balaban J connectivity index is 1.23. The van der Waals surface area contributed by atoms with E-state index >= 15 is 8.78 Å². The van der Waals surface area contributed by atoms with Crippen LogP contribution in [0.5, 0.6) is 0 Å². The minimum atomic E-state index is -4.66. The van der Waals surface area contributed by atoms with E-state index in [4.69, 9.17) is 11.6 Å². The van der Waals surface area contributed by atoms with Gasteiger partial charge < -0.3 is 10.2 Å². The molecule has 3 aliphatic rings. The molecular weight excluding hydrogens is 607 g/mol. The van der Waals surface area contributed by atoms with Gasteiger partial charge in [-0.3, -0.25) is 4.79 Å². The van der Waals surface area contributed by atoms with E-state index in [1.165, 1.54) is 48.4 Å². The standard InChI is InChI=1S/C26H26ClF5N6O3S/c1-23(26(30,31)32)12-37(17-11-33-19-10-18(27)35-38(19)21(17)23)16-6-4-13(5-7-16)20-24(2,25(20,28)29)22(39)34-14-8-15(9-14)36-42(3,40)41/h4-7,10-11,14-15,20,36H,8-9,12H2,1-3H3,(H,34,39)/t14?,15?,20-,23-,24+/m1/s1. The summed E-state index contributed by atoms with van der Waals surface area (Å²) in [4.78, 5) is 18.5. The van der Waals surface area contributed by atoms with Crippen molar-refractivity contribution in [2.75, 3.05) is 17.7 Å². The van der Waals surface area contributed by atoms with E-state index in [0.29, 0.717) is 18.5 Å². The highest BCUT2D eigenvalue weighted by Crippen LogP contribution is 2.71. The minimum absolute atomic E-state index is 0.0108. The maximum absolute atomic E-state index is 15.1. The zero-order chi connectivity index (χ0) is 30.6. The van der Waals surface area contributed by atoms with Gasteiger partial charge in [-0.05, 0) is 44.4 Å². The first-order valence-electron chi connectivity index (χ1n) is 13.0. The summed E-state index contributed by atoms with van der Waals surface area (Å²) in [5.41, 5.74) is -3.72. The summed E-state index contributed by atoms with van der Waals surface area (Å²) in [6.07, 6.45) is -1.75. The number of hydrogen-bond acceptors (Lipinski definition) is 6. The zero-order valence-electron chi connectivity index (χ0n) is 22.5. The van der Waals surface area contributed by atoms with Gasteiger partial charge in [-0.2, -0.15) is 18.3 Å². The highest BCUT2D eigenvalue weighted by molar-refractivity contribution is 7.88. The fourth-order valence-corrected chi connectivity index (χ4v) is 7.19. The molecule has 1 aliphatic heterocycles. The first kappa shape index (κ1) is 29.1. The molecule has 2 fully saturated rings. The summed E-state index contributed by atoms with van der Waals surface area (Å²) in [7, 11) is -3.42. The number of halogens is 6. The molecule has 3 heterocycles. The summed E-state index contributed by atoms with van der Waals surface area (Å²) >= 11 is 5.95. The lowest BCUT2D eigenvalue weighted by atomic mass is 9.87. The van der Waals surface area contributed by atoms with Crippen molar-refractivity contribution < 1.29 is 35.2 Å². The first-order chi connectivity index (χ1) is 19.4. The molecule has 2 aliphatic carbocycles. The van der Waals surface area contributed by atoms with Crippen LogP contribution in [0.25, 0.3) is 5.65 Å². The van der Waals surface area contributed by atoms with Crippen molar-refractivity contribution in [3.05, 3.63) is 52.9 Å². The Hall–Kier alpha value is -3.04. The molecule has 3 aromatic rings. The van der Waals surface area contributed by atoms with E-state index in [0.717, 1.165) is 17.7 Å². The Bertz CT molecular complexity index is 1710. The van der Waals surface area contributed by atoms with Crippen LogP contribution in [-0.2, 0) is 20.2 Å². The molecular formula is C26H26ClF5N6O3S. The molecule has 9 nitrogen and oxygen atoms in total. The first-order valence-corrected chi connectivity index (χ1v) is 15.3. The minimum Gasteiger partial charge on any atom is -0.353 e. The van der Waals surface area contributed by atoms with E-state index in [1.54, 1.807) is 0 Å². The number of hydrogen-bond donors (Lipinski definition) is 2. The van der Waals surface area contributed by atoms with E-state index in [2.05, 4.69) is 20.1 Å². The number of sulfonamides is 1. The van der Waals surface area contributed by atoms with Crippen molar-refractivity contribution in [2.45, 2.75) is 62.2 Å². The highest BCUT2D eigenvalue weighted by Gasteiger charge is 2.82. The number of rotatable bonds is 6. The largest absolute Gasteiger partial charge is 0.401 e. The Morgan fingerprint density at radius 2 is 1.76 bits per heavy atom. The maximum atomic E-state index is 15.1. The van der Waals surface area contributed by atoms with Crippen molar-refractivity contribution in [1.82, 2.24) is 24.6 Å². The normalized spacial score (nSPS) is 30.2. The molecule has 0 bridgehead atoms. The molecule has 1 amide bonds. The lowest BCUT2D eigenvalue weighted by Crippen LogP contribution is -2.55. The molecule has 2 saturated carbocycles. The highest BCUT2D eigenvalue weighted by atomic mass is 35.5. The second kappa shape index (κ2) is 8.99. The summed E-state index contributed by atoms with van der Waals surface area (Å²) in [6.45, 7) is 1.73. The summed E-state index contributed by atoms with van der Waals surface area (Å²) in [5, 5.41) is 6.60. The number of benzene rings is 1. The van der Waals surface area contributed by atoms with Crippen LogP contribution in [-0.4, -0.2) is 65.9 Å². The van der Waals surface area contributed by atoms with Crippen molar-refractivity contribution in [2.24, 2.45) is 5.41 Å². The van der Waals surface area contributed by atoms with E-state index in [-0.39, 0.29) is 33.8 Å². The molecule has 3 atom stereocenters. The number of amides is 1. The fraction of sp³-hybridized carbons (Fsp3) is 0.500. The molecule has 0 radical (unpaired) electrons. The molecule has 2 N–H and O–H groups in total. The third-order valence-corrected chi connectivity index (χ3v) is 9.71. The average Bonchev–Trinajstić information content (AvgIpc) is 3.14. The van der Waals surface area contributed by atoms with Gasteiger partial charge in [0.25, 0.3) is 5.92 Å². The van der Waals surface area contributed by atoms with Gasteiger partial charge in [0, 0.05) is 30.4 Å². The van der Waals surface area contributed by atoms with Gasteiger partial charge in [-0.25, -0.2) is 31.4 Å². The summed E-state index contributed by atoms with van der Waals surface area (Å²) < 4.78 is 99.7. The number of fused-ring (bicyclic) bond motifs is 3. The molecule has 2 aromatic heterocycles. The number of carbonyl (C=O) groups excluding carboxylic acids is 1. The maximum Gasteiger partial charge on any atom is 0.401 e. The van der Waals surface area contributed by atoms with Crippen LogP contribution in [0, 0.1) is 5.41 Å². The fourth-order valence-electron chi connectivity index (χ4n) is 6.21. The van der Waals surface area contributed by atoms with Gasteiger partial charge >= 0.3 is 6.18 Å². The van der Waals surface area contributed by atoms with E-state index in [9.17, 15) is 26.4 Å². The second-order valence-corrected chi connectivity index (χ2v) is 13.9. The van der Waals surface area contributed by atoms with Crippen molar-refractivity contribution in [3.63, 3.8) is 0 Å². The average molecular weight is 633 g/mol. The van der Waals surface area contributed by atoms with Crippen LogP contribution in [0.4, 0.5) is 33.3 Å². The second-order valence-electron chi connectivity index (χ2n) is 11.7. The Kier molecular flexibility index (Phi) is 6.22. The van der Waals surface area contributed by atoms with Gasteiger partial charge in [-0.1, -0.05) is 23.7 Å². The molecule has 6 rings (SSSR count). The SMILES string of the molecule is C[C@@]1(C(F)(F)F)CN(c2ccc([C@H]3C(F)(F)[C@]3(C)C(=O)NC3CC(NS(C)(=O)=O)C3)cc2)c2cnc3cc(Cl)nn3c21. The van der Waals surface area contributed by atoms with Crippen molar-refractivity contribution >= 4 is 44.6 Å². The third-order valence-electron chi connectivity index (χ3n) is 8.76. The molecule has 16 heteroatoms. The predicted octanol–water partition coefficient (Wildman–Crippen LogP) is 4.29. The molecule has 226 valence electrons. The number of alkyl halides is 5. The van der Waals surface area contributed by atoms with E-state index in [1.807, 2.05) is 0 Å². The Labute approximate surface area is 242 Å². The molecule has 0 unspecified atom stereocenters. The van der Waals surface area contributed by atoms with Crippen LogP contribution < -0.4 is 14.9 Å². The van der Waals surface area contributed by atoms with Gasteiger partial charge in [0.2, 0.25) is 15.9 Å². The molecule has 42 heavy (non-hydrogen) atoms. The Morgan fingerprint density at radius 1 is 1.12 bits per heavy atom. The Morgan fingerprint density at radius 3 is 2.36 bits per heavy atom. The quantitative estimate of drug-likeness (QED) is 0.393. The predicted molar refractivity (Wildman–Crippen MR) is 144 cm³/mol. The number of nitrogens with one attached hydrogen (secondary N) is 2. The van der Waals surface area contributed by atoms with Gasteiger partial charge in [0.05, 0.1) is 29.8 Å². The number of anilines is 2. The van der Waals surface area contributed by atoms with Crippen LogP contribution in [0.15, 0.2) is 36.5 Å². The van der Waals surface area contributed by atoms with Crippen molar-refractivity contribution in [1.29, 1.82) is 0 Å². The monoisotopic (exact) mass is 632 g/mol. The lowest BCUT2D eigenvalue weighted by molar-refractivity contribution is -0.181. The number of aromatic nitrogens is 3. The zero-order valence-corrected chi connectivity index (χ0v) is 24.1.